The number of benzene rings is 1. The molecule has 7 nitrogen and oxygen atoms in total. The zero-order valence-corrected chi connectivity index (χ0v) is 15.7. The molecule has 0 aliphatic heterocycles. The molecule has 0 saturated heterocycles. The molecule has 1 amide bonds. The number of aromatic amines is 1. The van der Waals surface area contributed by atoms with Gasteiger partial charge in [0.1, 0.15) is 5.65 Å². The van der Waals surface area contributed by atoms with E-state index in [0.29, 0.717) is 5.56 Å². The van der Waals surface area contributed by atoms with Crippen molar-refractivity contribution in [3.8, 4) is 11.3 Å². The van der Waals surface area contributed by atoms with E-state index >= 15 is 0 Å². The number of aliphatic hydroxyl groups is 2. The third kappa shape index (κ3) is 3.04. The minimum Gasteiger partial charge on any atom is -0.394 e. The Morgan fingerprint density at radius 1 is 1.25 bits per heavy atom. The van der Waals surface area contributed by atoms with Gasteiger partial charge in [-0.15, -0.1) is 0 Å². The zero-order valence-electron chi connectivity index (χ0n) is 15.7. The predicted octanol–water partition coefficient (Wildman–Crippen LogP) is 2.19. The smallest absolute Gasteiger partial charge is 0.251 e. The van der Waals surface area contributed by atoms with Gasteiger partial charge < -0.3 is 25.1 Å². The second-order valence-corrected chi connectivity index (χ2v) is 7.34. The van der Waals surface area contributed by atoms with Gasteiger partial charge in [0.25, 0.3) is 5.91 Å². The highest BCUT2D eigenvalue weighted by molar-refractivity contribution is 6.03. The number of aliphatic hydroxyl groups excluding tert-OH is 2. The van der Waals surface area contributed by atoms with E-state index in [2.05, 4.69) is 15.3 Å². The van der Waals surface area contributed by atoms with E-state index in [1.54, 1.807) is 19.2 Å². The van der Waals surface area contributed by atoms with Crippen LogP contribution in [-0.4, -0.2) is 49.4 Å². The molecule has 28 heavy (non-hydrogen) atoms. The van der Waals surface area contributed by atoms with Crippen molar-refractivity contribution >= 4 is 27.8 Å². The van der Waals surface area contributed by atoms with Crippen molar-refractivity contribution in [1.29, 1.82) is 0 Å². The molecule has 0 aliphatic rings. The summed E-state index contributed by atoms with van der Waals surface area (Å²) < 4.78 is 2.01. The van der Waals surface area contributed by atoms with Crippen molar-refractivity contribution in [3.05, 3.63) is 54.4 Å². The van der Waals surface area contributed by atoms with Crippen LogP contribution in [-0.2, 0) is 7.05 Å². The second kappa shape index (κ2) is 6.78. The number of hydrogen-bond acceptors (Lipinski definition) is 4. The topological polar surface area (TPSA) is 103 Å². The Bertz CT molecular complexity index is 1140. The second-order valence-electron chi connectivity index (χ2n) is 7.34. The van der Waals surface area contributed by atoms with Crippen LogP contribution in [0, 0.1) is 0 Å². The SMILES string of the molecule is Cn1cc(-c2cc3cccnc3[nH]2)c2cc(C(=O)NC(C)(CO)CO)ccc21. The molecular formula is C21H22N4O3. The normalized spacial score (nSPS) is 12.0. The van der Waals surface area contributed by atoms with Crippen LogP contribution in [0.2, 0.25) is 0 Å². The summed E-state index contributed by atoms with van der Waals surface area (Å²) in [6.07, 6.45) is 3.76. The highest BCUT2D eigenvalue weighted by Gasteiger charge is 2.25. The fourth-order valence-electron chi connectivity index (χ4n) is 3.33. The lowest BCUT2D eigenvalue weighted by molar-refractivity contribution is 0.0724. The number of rotatable bonds is 5. The van der Waals surface area contributed by atoms with Crippen LogP contribution in [0.1, 0.15) is 17.3 Å². The van der Waals surface area contributed by atoms with Crippen LogP contribution in [0.5, 0.6) is 0 Å². The predicted molar refractivity (Wildman–Crippen MR) is 108 cm³/mol. The fraction of sp³-hybridized carbons (Fsp3) is 0.238. The average molecular weight is 378 g/mol. The molecular weight excluding hydrogens is 356 g/mol. The van der Waals surface area contributed by atoms with Crippen molar-refractivity contribution in [2.45, 2.75) is 12.5 Å². The summed E-state index contributed by atoms with van der Waals surface area (Å²) in [6, 6.07) is 11.4. The molecule has 0 aliphatic carbocycles. The van der Waals surface area contributed by atoms with Crippen LogP contribution in [0.3, 0.4) is 0 Å². The Kier molecular flexibility index (Phi) is 4.41. The Morgan fingerprint density at radius 2 is 2.04 bits per heavy atom. The maximum atomic E-state index is 12.7. The maximum absolute atomic E-state index is 12.7. The standard InChI is InChI=1S/C21H22N4O3/c1-21(11-26,12-27)24-20(28)14-5-6-18-15(8-14)16(10-25(18)2)17-9-13-4-3-7-22-19(13)23-17/h3-10,26-27H,11-12H2,1-2H3,(H,22,23)(H,24,28). The van der Waals surface area contributed by atoms with Crippen molar-refractivity contribution in [2.75, 3.05) is 13.2 Å². The Morgan fingerprint density at radius 3 is 2.75 bits per heavy atom. The molecule has 144 valence electrons. The maximum Gasteiger partial charge on any atom is 0.251 e. The number of nitrogens with zero attached hydrogens (tertiary/aromatic N) is 2. The van der Waals surface area contributed by atoms with Gasteiger partial charge in [-0.25, -0.2) is 4.98 Å². The quantitative estimate of drug-likeness (QED) is 0.427. The first kappa shape index (κ1) is 18.2. The van der Waals surface area contributed by atoms with Crippen LogP contribution in [0.25, 0.3) is 33.2 Å². The first-order valence-corrected chi connectivity index (χ1v) is 9.01. The summed E-state index contributed by atoms with van der Waals surface area (Å²) in [4.78, 5) is 20.3. The summed E-state index contributed by atoms with van der Waals surface area (Å²) in [5.41, 5.74) is 3.08. The van der Waals surface area contributed by atoms with Crippen LogP contribution in [0.15, 0.2) is 48.8 Å². The number of H-pyrrole nitrogens is 1. The fourth-order valence-corrected chi connectivity index (χ4v) is 3.33. The van der Waals surface area contributed by atoms with Crippen LogP contribution >= 0.6 is 0 Å². The number of aromatic nitrogens is 3. The van der Waals surface area contributed by atoms with E-state index in [1.807, 2.05) is 48.1 Å². The number of hydrogen-bond donors (Lipinski definition) is 4. The molecule has 0 radical (unpaired) electrons. The number of pyridine rings is 1. The number of carbonyl (C=O) groups is 1. The molecule has 7 heteroatoms. The van der Waals surface area contributed by atoms with Crippen molar-refractivity contribution in [2.24, 2.45) is 7.05 Å². The van der Waals surface area contributed by atoms with Gasteiger partial charge in [0.05, 0.1) is 18.8 Å². The molecule has 0 atom stereocenters. The lowest BCUT2D eigenvalue weighted by atomic mass is 10.0. The summed E-state index contributed by atoms with van der Waals surface area (Å²) in [6.45, 7) is 0.890. The first-order chi connectivity index (χ1) is 13.4. The third-order valence-electron chi connectivity index (χ3n) is 5.05. The minimum absolute atomic E-state index is 0.347. The molecule has 1 aromatic carbocycles. The van der Waals surface area contributed by atoms with E-state index in [-0.39, 0.29) is 19.1 Å². The van der Waals surface area contributed by atoms with Gasteiger partial charge in [-0.05, 0) is 43.3 Å². The monoisotopic (exact) mass is 378 g/mol. The molecule has 3 aromatic heterocycles. The lowest BCUT2D eigenvalue weighted by Crippen LogP contribution is -2.51. The molecule has 3 heterocycles. The summed E-state index contributed by atoms with van der Waals surface area (Å²) in [7, 11) is 1.96. The van der Waals surface area contributed by atoms with Gasteiger partial charge in [-0.1, -0.05) is 0 Å². The lowest BCUT2D eigenvalue weighted by Gasteiger charge is -2.26. The first-order valence-electron chi connectivity index (χ1n) is 9.01. The Hall–Kier alpha value is -3.16. The molecule has 4 N–H and O–H groups in total. The van der Waals surface area contributed by atoms with E-state index in [9.17, 15) is 15.0 Å². The van der Waals surface area contributed by atoms with E-state index in [4.69, 9.17) is 0 Å². The number of amides is 1. The highest BCUT2D eigenvalue weighted by Crippen LogP contribution is 2.32. The molecule has 4 rings (SSSR count). The molecule has 0 fully saturated rings. The van der Waals surface area contributed by atoms with Gasteiger partial charge in [0.2, 0.25) is 0 Å². The van der Waals surface area contributed by atoms with E-state index < -0.39 is 5.54 Å². The highest BCUT2D eigenvalue weighted by atomic mass is 16.3. The molecule has 0 spiro atoms. The van der Waals surface area contributed by atoms with Gasteiger partial charge >= 0.3 is 0 Å². The van der Waals surface area contributed by atoms with Crippen molar-refractivity contribution < 1.29 is 15.0 Å². The third-order valence-corrected chi connectivity index (χ3v) is 5.05. The van der Waals surface area contributed by atoms with Crippen molar-refractivity contribution in [1.82, 2.24) is 19.9 Å². The zero-order chi connectivity index (χ0) is 19.9. The van der Waals surface area contributed by atoms with Gasteiger partial charge in [0.15, 0.2) is 0 Å². The molecule has 0 unspecified atom stereocenters. The minimum atomic E-state index is -1.07. The van der Waals surface area contributed by atoms with E-state index in [1.165, 1.54) is 0 Å². The Balaban J connectivity index is 1.79. The molecule has 0 bridgehead atoms. The number of fused-ring (bicyclic) bond motifs is 2. The van der Waals surface area contributed by atoms with Crippen LogP contribution in [0.4, 0.5) is 0 Å². The number of carbonyl (C=O) groups excluding carboxylic acids is 1. The molecule has 4 aromatic rings. The van der Waals surface area contributed by atoms with Crippen molar-refractivity contribution in [3.63, 3.8) is 0 Å². The summed E-state index contributed by atoms with van der Waals surface area (Å²) in [5, 5.41) is 23.5. The number of nitrogens with one attached hydrogen (secondary N) is 2. The molecule has 0 saturated carbocycles. The largest absolute Gasteiger partial charge is 0.394 e. The average Bonchev–Trinajstić information content (AvgIpc) is 3.28. The van der Waals surface area contributed by atoms with Gasteiger partial charge in [0, 0.05) is 52.6 Å². The number of aryl methyl sites for hydroxylation is 1. The summed E-state index contributed by atoms with van der Waals surface area (Å²) >= 11 is 0. The van der Waals surface area contributed by atoms with Crippen LogP contribution < -0.4 is 5.32 Å². The van der Waals surface area contributed by atoms with E-state index in [0.717, 1.165) is 33.2 Å². The van der Waals surface area contributed by atoms with Gasteiger partial charge in [-0.2, -0.15) is 0 Å². The summed E-state index contributed by atoms with van der Waals surface area (Å²) in [5.74, 6) is -0.347. The van der Waals surface area contributed by atoms with Gasteiger partial charge in [-0.3, -0.25) is 4.79 Å². The Labute approximate surface area is 161 Å².